The van der Waals surface area contributed by atoms with Crippen LogP contribution in [0.3, 0.4) is 0 Å². The van der Waals surface area contributed by atoms with E-state index in [2.05, 4.69) is 10.1 Å². The Morgan fingerprint density at radius 2 is 1.96 bits per heavy atom. The molecule has 150 valence electrons. The Morgan fingerprint density at radius 1 is 1.18 bits per heavy atom. The monoisotopic (exact) mass is 387 g/mol. The van der Waals surface area contributed by atoms with Crippen LogP contribution in [0, 0.1) is 11.7 Å². The lowest BCUT2D eigenvalue weighted by Crippen LogP contribution is -2.41. The Kier molecular flexibility index (Phi) is 5.88. The molecule has 1 atom stereocenters. The third-order valence-corrected chi connectivity index (χ3v) is 5.68. The zero-order chi connectivity index (χ0) is 19.3. The molecule has 0 bridgehead atoms. The molecule has 1 aliphatic carbocycles. The van der Waals surface area contributed by atoms with Crippen LogP contribution in [0.15, 0.2) is 28.8 Å². The van der Waals surface area contributed by atoms with Crippen molar-refractivity contribution in [1.29, 1.82) is 0 Å². The number of halogens is 1. The summed E-state index contributed by atoms with van der Waals surface area (Å²) in [5.41, 5.74) is 0. The first kappa shape index (κ1) is 18.9. The number of aromatic nitrogens is 2. The molecule has 7 heteroatoms. The second-order valence-electron chi connectivity index (χ2n) is 7.71. The van der Waals surface area contributed by atoms with Crippen molar-refractivity contribution in [1.82, 2.24) is 15.0 Å². The molecule has 2 aliphatic rings. The Bertz CT molecular complexity index is 786. The molecule has 1 aliphatic heterocycles. The molecule has 4 rings (SSSR count). The molecule has 6 nitrogen and oxygen atoms in total. The third-order valence-electron chi connectivity index (χ3n) is 5.68. The van der Waals surface area contributed by atoms with Gasteiger partial charge in [-0.2, -0.15) is 4.98 Å². The zero-order valence-electron chi connectivity index (χ0n) is 16.0. The fourth-order valence-electron chi connectivity index (χ4n) is 4.14. The molecule has 1 saturated heterocycles. The van der Waals surface area contributed by atoms with Crippen LogP contribution in [-0.4, -0.2) is 40.6 Å². The number of hydrogen-bond donors (Lipinski definition) is 0. The van der Waals surface area contributed by atoms with E-state index >= 15 is 0 Å². The van der Waals surface area contributed by atoms with Gasteiger partial charge in [0.15, 0.2) is 5.82 Å². The lowest BCUT2D eigenvalue weighted by atomic mass is 9.96. The van der Waals surface area contributed by atoms with E-state index in [1.54, 1.807) is 12.1 Å². The van der Waals surface area contributed by atoms with Crippen LogP contribution in [0.25, 0.3) is 0 Å². The van der Waals surface area contributed by atoms with E-state index in [1.807, 2.05) is 4.90 Å². The average molecular weight is 387 g/mol. The van der Waals surface area contributed by atoms with Crippen molar-refractivity contribution < 1.29 is 18.4 Å². The van der Waals surface area contributed by atoms with Gasteiger partial charge in [-0.3, -0.25) is 4.79 Å². The second kappa shape index (κ2) is 8.71. The number of carbonyl (C=O) groups is 1. The smallest absolute Gasteiger partial charge is 0.231 e. The lowest BCUT2D eigenvalue weighted by Gasteiger charge is -2.32. The van der Waals surface area contributed by atoms with E-state index in [9.17, 15) is 9.18 Å². The highest BCUT2D eigenvalue weighted by atomic mass is 19.1. The summed E-state index contributed by atoms with van der Waals surface area (Å²) in [5, 5.41) is 4.05. The van der Waals surface area contributed by atoms with E-state index in [0.29, 0.717) is 42.9 Å². The van der Waals surface area contributed by atoms with Crippen LogP contribution >= 0.6 is 0 Å². The van der Waals surface area contributed by atoms with Gasteiger partial charge < -0.3 is 14.2 Å². The number of nitrogens with zero attached hydrogens (tertiary/aromatic N) is 3. The summed E-state index contributed by atoms with van der Waals surface area (Å²) in [6, 6.07) is 5.91. The summed E-state index contributed by atoms with van der Waals surface area (Å²) in [4.78, 5) is 19.2. The number of carbonyl (C=O) groups excluding carboxylic acids is 1. The molecular weight excluding hydrogens is 361 g/mol. The predicted octanol–water partition coefficient (Wildman–Crippen LogP) is 3.73. The van der Waals surface area contributed by atoms with Crippen molar-refractivity contribution in [2.24, 2.45) is 5.92 Å². The average Bonchev–Trinajstić information content (AvgIpc) is 3.41. The fourth-order valence-corrected chi connectivity index (χ4v) is 4.14. The maximum Gasteiger partial charge on any atom is 0.231 e. The number of rotatable bonds is 6. The number of benzene rings is 1. The molecular formula is C21H26FN3O3. The number of hydrogen-bond acceptors (Lipinski definition) is 5. The number of piperidine rings is 1. The van der Waals surface area contributed by atoms with Gasteiger partial charge in [-0.05, 0) is 49.9 Å². The van der Waals surface area contributed by atoms with Crippen LogP contribution in [0.1, 0.15) is 56.2 Å². The van der Waals surface area contributed by atoms with E-state index < -0.39 is 0 Å². The van der Waals surface area contributed by atoms with Crippen LogP contribution < -0.4 is 4.74 Å². The highest BCUT2D eigenvalue weighted by Crippen LogP contribution is 2.31. The van der Waals surface area contributed by atoms with Gasteiger partial charge in [0, 0.05) is 25.4 Å². The van der Waals surface area contributed by atoms with Gasteiger partial charge in [-0.1, -0.05) is 18.0 Å². The lowest BCUT2D eigenvalue weighted by molar-refractivity contribution is -0.136. The van der Waals surface area contributed by atoms with Crippen molar-refractivity contribution in [3.05, 3.63) is 41.8 Å². The zero-order valence-corrected chi connectivity index (χ0v) is 16.0. The van der Waals surface area contributed by atoms with Gasteiger partial charge in [-0.25, -0.2) is 4.39 Å². The molecule has 1 unspecified atom stereocenters. The molecule has 1 saturated carbocycles. The molecule has 0 spiro atoms. The summed E-state index contributed by atoms with van der Waals surface area (Å²) < 4.78 is 24.0. The molecule has 2 fully saturated rings. The van der Waals surface area contributed by atoms with Gasteiger partial charge in [0.2, 0.25) is 11.8 Å². The molecule has 0 radical (unpaired) electrons. The second-order valence-corrected chi connectivity index (χ2v) is 7.71. The minimum absolute atomic E-state index is 0.110. The first-order valence-electron chi connectivity index (χ1n) is 10.2. The molecule has 1 aromatic carbocycles. The predicted molar refractivity (Wildman–Crippen MR) is 100 cm³/mol. The Labute approximate surface area is 164 Å². The van der Waals surface area contributed by atoms with E-state index in [-0.39, 0.29) is 17.7 Å². The number of amides is 1. The fraction of sp³-hybridized carbons (Fsp3) is 0.571. The first-order valence-corrected chi connectivity index (χ1v) is 10.2. The minimum Gasteiger partial charge on any atom is -0.493 e. The van der Waals surface area contributed by atoms with Crippen molar-refractivity contribution >= 4 is 5.91 Å². The molecule has 2 heterocycles. The van der Waals surface area contributed by atoms with Crippen molar-refractivity contribution in [3.8, 4) is 5.75 Å². The highest BCUT2D eigenvalue weighted by molar-refractivity contribution is 5.79. The quantitative estimate of drug-likeness (QED) is 0.756. The Morgan fingerprint density at radius 3 is 2.75 bits per heavy atom. The van der Waals surface area contributed by atoms with E-state index in [1.165, 1.54) is 25.0 Å². The van der Waals surface area contributed by atoms with Gasteiger partial charge >= 0.3 is 0 Å². The summed E-state index contributed by atoms with van der Waals surface area (Å²) in [6.07, 6.45) is 6.83. The van der Waals surface area contributed by atoms with Crippen molar-refractivity contribution in [2.45, 2.75) is 50.9 Å². The molecule has 28 heavy (non-hydrogen) atoms. The Hall–Kier alpha value is -2.44. The normalized spacial score (nSPS) is 20.5. The Balaban J connectivity index is 1.29. The number of likely N-dealkylation sites (tertiary alicyclic amines) is 1. The van der Waals surface area contributed by atoms with Crippen LogP contribution in [-0.2, 0) is 11.2 Å². The SMILES string of the molecule is O=C(C1CCCC1)N1CCCC(c2nc(CCOc3ccc(F)cc3)no2)C1. The van der Waals surface area contributed by atoms with E-state index in [0.717, 1.165) is 32.2 Å². The molecule has 0 N–H and O–H groups in total. The summed E-state index contributed by atoms with van der Waals surface area (Å²) in [6.45, 7) is 1.89. The summed E-state index contributed by atoms with van der Waals surface area (Å²) in [5.74, 6) is 2.15. The van der Waals surface area contributed by atoms with E-state index in [4.69, 9.17) is 9.26 Å². The molecule has 2 aromatic rings. The molecule has 1 aromatic heterocycles. The van der Waals surface area contributed by atoms with Crippen molar-refractivity contribution in [2.75, 3.05) is 19.7 Å². The van der Waals surface area contributed by atoms with Gasteiger partial charge in [0.1, 0.15) is 11.6 Å². The maximum absolute atomic E-state index is 12.9. The third kappa shape index (κ3) is 4.51. The van der Waals surface area contributed by atoms with Crippen LogP contribution in [0.2, 0.25) is 0 Å². The minimum atomic E-state index is -0.289. The summed E-state index contributed by atoms with van der Waals surface area (Å²) >= 11 is 0. The summed E-state index contributed by atoms with van der Waals surface area (Å²) in [7, 11) is 0. The van der Waals surface area contributed by atoms with Gasteiger partial charge in [0.05, 0.1) is 12.5 Å². The van der Waals surface area contributed by atoms with Crippen LogP contribution in [0.4, 0.5) is 4.39 Å². The number of ether oxygens (including phenoxy) is 1. The van der Waals surface area contributed by atoms with Crippen LogP contribution in [0.5, 0.6) is 5.75 Å². The maximum atomic E-state index is 12.9. The van der Waals surface area contributed by atoms with Crippen molar-refractivity contribution in [3.63, 3.8) is 0 Å². The highest BCUT2D eigenvalue weighted by Gasteiger charge is 2.32. The molecule has 1 amide bonds. The van der Waals surface area contributed by atoms with Gasteiger partial charge in [-0.15, -0.1) is 0 Å². The topological polar surface area (TPSA) is 68.5 Å². The van der Waals surface area contributed by atoms with Gasteiger partial charge in [0.25, 0.3) is 0 Å². The first-order chi connectivity index (χ1) is 13.7. The largest absolute Gasteiger partial charge is 0.493 e. The standard InChI is InChI=1S/C21H26FN3O3/c22-17-7-9-18(10-8-17)27-13-11-19-23-20(28-24-19)16-6-3-12-25(14-16)21(26)15-4-1-2-5-15/h7-10,15-16H,1-6,11-14H2.